The Labute approximate surface area is 88.6 Å². The number of aromatic nitrogens is 3. The molecule has 0 amide bonds. The Morgan fingerprint density at radius 2 is 2.47 bits per heavy atom. The van der Waals surface area contributed by atoms with E-state index >= 15 is 0 Å². The SMILES string of the molecule is Cc1ncsc1-c1noc(CC(=O)O)n1. The third kappa shape index (κ3) is 2.01. The highest BCUT2D eigenvalue weighted by Crippen LogP contribution is 2.24. The van der Waals surface area contributed by atoms with Crippen LogP contribution in [-0.4, -0.2) is 26.2 Å². The molecule has 2 heterocycles. The summed E-state index contributed by atoms with van der Waals surface area (Å²) in [6, 6.07) is 0. The summed E-state index contributed by atoms with van der Waals surface area (Å²) in [5.74, 6) is -0.497. The first-order valence-corrected chi connectivity index (χ1v) is 4.99. The van der Waals surface area contributed by atoms with Crippen molar-refractivity contribution in [3.05, 3.63) is 17.1 Å². The Morgan fingerprint density at radius 3 is 3.07 bits per heavy atom. The molecule has 0 aliphatic heterocycles. The second kappa shape index (κ2) is 3.77. The number of hydrogen-bond donors (Lipinski definition) is 1. The zero-order valence-corrected chi connectivity index (χ0v) is 8.61. The molecule has 0 aliphatic rings. The van der Waals surface area contributed by atoms with Gasteiger partial charge in [0, 0.05) is 0 Å². The van der Waals surface area contributed by atoms with Crippen LogP contribution in [0.1, 0.15) is 11.6 Å². The van der Waals surface area contributed by atoms with Crippen LogP contribution in [0.25, 0.3) is 10.7 Å². The van der Waals surface area contributed by atoms with E-state index in [1.807, 2.05) is 6.92 Å². The van der Waals surface area contributed by atoms with E-state index in [0.29, 0.717) is 5.82 Å². The molecule has 2 aromatic rings. The molecule has 7 heteroatoms. The van der Waals surface area contributed by atoms with Crippen LogP contribution in [0.3, 0.4) is 0 Å². The molecule has 0 bridgehead atoms. The van der Waals surface area contributed by atoms with Gasteiger partial charge in [0.1, 0.15) is 6.42 Å². The van der Waals surface area contributed by atoms with Gasteiger partial charge in [0.05, 0.1) is 16.1 Å². The molecule has 0 aliphatic carbocycles. The Hall–Kier alpha value is -1.76. The average molecular weight is 225 g/mol. The minimum Gasteiger partial charge on any atom is -0.481 e. The number of thiazole rings is 1. The fourth-order valence-corrected chi connectivity index (χ4v) is 1.79. The lowest BCUT2D eigenvalue weighted by Gasteiger charge is -1.86. The maximum Gasteiger partial charge on any atom is 0.312 e. The molecule has 0 atom stereocenters. The molecule has 0 aromatic carbocycles. The summed E-state index contributed by atoms with van der Waals surface area (Å²) in [6.45, 7) is 1.83. The highest BCUT2D eigenvalue weighted by molar-refractivity contribution is 7.13. The van der Waals surface area contributed by atoms with Crippen LogP contribution < -0.4 is 0 Å². The molecular weight excluding hydrogens is 218 g/mol. The molecular formula is C8H7N3O3S. The lowest BCUT2D eigenvalue weighted by Crippen LogP contribution is -1.99. The van der Waals surface area contributed by atoms with Gasteiger partial charge in [-0.25, -0.2) is 4.98 Å². The van der Waals surface area contributed by atoms with Crippen molar-refractivity contribution in [3.63, 3.8) is 0 Å². The first kappa shape index (κ1) is 9.78. The van der Waals surface area contributed by atoms with E-state index in [0.717, 1.165) is 10.6 Å². The van der Waals surface area contributed by atoms with Crippen LogP contribution in [-0.2, 0) is 11.2 Å². The molecule has 0 fully saturated rings. The van der Waals surface area contributed by atoms with E-state index in [1.54, 1.807) is 5.51 Å². The Kier molecular flexibility index (Phi) is 2.46. The van der Waals surface area contributed by atoms with E-state index in [2.05, 4.69) is 15.1 Å². The maximum absolute atomic E-state index is 10.4. The minimum atomic E-state index is -0.994. The Morgan fingerprint density at radius 1 is 1.67 bits per heavy atom. The highest BCUT2D eigenvalue weighted by Gasteiger charge is 2.14. The van der Waals surface area contributed by atoms with Gasteiger partial charge in [-0.1, -0.05) is 5.16 Å². The second-order valence-corrected chi connectivity index (χ2v) is 3.70. The largest absolute Gasteiger partial charge is 0.481 e. The monoisotopic (exact) mass is 225 g/mol. The van der Waals surface area contributed by atoms with Crippen molar-refractivity contribution in [2.75, 3.05) is 0 Å². The van der Waals surface area contributed by atoms with Crippen LogP contribution in [0.4, 0.5) is 0 Å². The van der Waals surface area contributed by atoms with Gasteiger partial charge in [-0.05, 0) is 6.92 Å². The van der Waals surface area contributed by atoms with E-state index in [-0.39, 0.29) is 12.3 Å². The van der Waals surface area contributed by atoms with Crippen molar-refractivity contribution >= 4 is 17.3 Å². The smallest absolute Gasteiger partial charge is 0.312 e. The summed E-state index contributed by atoms with van der Waals surface area (Å²) in [6.07, 6.45) is -0.259. The van der Waals surface area contributed by atoms with Crippen LogP contribution in [0, 0.1) is 6.92 Å². The van der Waals surface area contributed by atoms with E-state index in [1.165, 1.54) is 11.3 Å². The standard InChI is InChI=1S/C8H7N3O3S/c1-4-7(15-3-9-4)8-10-5(14-11-8)2-6(12)13/h3H,2H2,1H3,(H,12,13). The van der Waals surface area contributed by atoms with Gasteiger partial charge in [-0.2, -0.15) is 4.98 Å². The summed E-state index contributed by atoms with van der Waals surface area (Å²) in [4.78, 5) is 19.2. The zero-order valence-electron chi connectivity index (χ0n) is 7.80. The van der Waals surface area contributed by atoms with Crippen molar-refractivity contribution in [1.82, 2.24) is 15.1 Å². The molecule has 78 valence electrons. The van der Waals surface area contributed by atoms with Gasteiger partial charge in [-0.15, -0.1) is 11.3 Å². The third-order valence-corrected chi connectivity index (χ3v) is 2.64. The molecule has 15 heavy (non-hydrogen) atoms. The average Bonchev–Trinajstić information content (AvgIpc) is 2.72. The number of carboxylic acids is 1. The topological polar surface area (TPSA) is 89.1 Å². The molecule has 0 radical (unpaired) electrons. The lowest BCUT2D eigenvalue weighted by molar-refractivity contribution is -0.136. The van der Waals surface area contributed by atoms with Gasteiger partial charge in [0.2, 0.25) is 11.7 Å². The second-order valence-electron chi connectivity index (χ2n) is 2.85. The summed E-state index contributed by atoms with van der Waals surface area (Å²) >= 11 is 1.39. The molecule has 0 saturated heterocycles. The van der Waals surface area contributed by atoms with Crippen molar-refractivity contribution in [3.8, 4) is 10.7 Å². The highest BCUT2D eigenvalue weighted by atomic mass is 32.1. The van der Waals surface area contributed by atoms with E-state index in [9.17, 15) is 4.79 Å². The predicted molar refractivity (Wildman–Crippen MR) is 51.5 cm³/mol. The van der Waals surface area contributed by atoms with Crippen molar-refractivity contribution < 1.29 is 14.4 Å². The van der Waals surface area contributed by atoms with Crippen LogP contribution in [0.15, 0.2) is 10.0 Å². The van der Waals surface area contributed by atoms with Crippen molar-refractivity contribution in [2.45, 2.75) is 13.3 Å². The molecule has 0 spiro atoms. The van der Waals surface area contributed by atoms with Crippen molar-refractivity contribution in [2.24, 2.45) is 0 Å². The van der Waals surface area contributed by atoms with Gasteiger partial charge >= 0.3 is 5.97 Å². The first-order chi connectivity index (χ1) is 7.16. The van der Waals surface area contributed by atoms with Crippen LogP contribution >= 0.6 is 11.3 Å². The van der Waals surface area contributed by atoms with Crippen molar-refractivity contribution in [1.29, 1.82) is 0 Å². The van der Waals surface area contributed by atoms with Gasteiger partial charge < -0.3 is 9.63 Å². The quantitative estimate of drug-likeness (QED) is 0.842. The minimum absolute atomic E-state index is 0.102. The van der Waals surface area contributed by atoms with E-state index < -0.39 is 5.97 Å². The van der Waals surface area contributed by atoms with Gasteiger partial charge in [-0.3, -0.25) is 4.79 Å². The maximum atomic E-state index is 10.4. The number of aryl methyl sites for hydroxylation is 1. The molecule has 0 saturated carbocycles. The van der Waals surface area contributed by atoms with Crippen LogP contribution in [0.5, 0.6) is 0 Å². The first-order valence-electron chi connectivity index (χ1n) is 4.11. The Bertz CT molecular complexity index is 491. The van der Waals surface area contributed by atoms with E-state index in [4.69, 9.17) is 9.63 Å². The molecule has 2 rings (SSSR count). The number of nitrogens with zero attached hydrogens (tertiary/aromatic N) is 3. The third-order valence-electron chi connectivity index (χ3n) is 1.72. The summed E-state index contributed by atoms with van der Waals surface area (Å²) < 4.78 is 4.79. The van der Waals surface area contributed by atoms with Gasteiger partial charge in [0.25, 0.3) is 0 Å². The van der Waals surface area contributed by atoms with Crippen LogP contribution in [0.2, 0.25) is 0 Å². The molecule has 0 unspecified atom stereocenters. The summed E-state index contributed by atoms with van der Waals surface area (Å²) in [7, 11) is 0. The fourth-order valence-electron chi connectivity index (χ4n) is 1.06. The van der Waals surface area contributed by atoms with Gasteiger partial charge in [0.15, 0.2) is 0 Å². The normalized spacial score (nSPS) is 10.5. The zero-order chi connectivity index (χ0) is 10.8. The lowest BCUT2D eigenvalue weighted by atomic mass is 10.4. The molecule has 2 aromatic heterocycles. The fraction of sp³-hybridized carbons (Fsp3) is 0.250. The number of aliphatic carboxylic acids is 1. The molecule has 6 nitrogen and oxygen atoms in total. The number of carboxylic acid groups (broad SMARTS) is 1. The number of rotatable bonds is 3. The predicted octanol–water partition coefficient (Wildman–Crippen LogP) is 1.13. The summed E-state index contributed by atoms with van der Waals surface area (Å²) in [5, 5.41) is 12.2. The molecule has 1 N–H and O–H groups in total. The summed E-state index contributed by atoms with van der Waals surface area (Å²) in [5.41, 5.74) is 2.49. The number of carbonyl (C=O) groups is 1. The number of hydrogen-bond acceptors (Lipinski definition) is 6. The Balaban J connectivity index is 2.28.